The molecular weight excluding hydrogens is 1390 g/mol. The van der Waals surface area contributed by atoms with E-state index in [0.29, 0.717) is 35.5 Å². The zero-order valence-electron chi connectivity index (χ0n) is 53.1. The van der Waals surface area contributed by atoms with E-state index in [1.54, 1.807) is 12.1 Å². The maximum atomic E-state index is 11.4. The molecule has 0 aromatic heterocycles. The van der Waals surface area contributed by atoms with E-state index in [1.165, 1.54) is 39.0 Å². The van der Waals surface area contributed by atoms with Crippen LogP contribution in [0.2, 0.25) is 0 Å². The Morgan fingerprint density at radius 3 is 1.16 bits per heavy atom. The van der Waals surface area contributed by atoms with Gasteiger partial charge in [-0.1, -0.05) is 287 Å². The minimum absolute atomic E-state index is 0. The summed E-state index contributed by atoms with van der Waals surface area (Å²) < 4.78 is 0. The van der Waals surface area contributed by atoms with E-state index in [1.807, 2.05) is 43.3 Å². The van der Waals surface area contributed by atoms with Gasteiger partial charge in [-0.25, -0.2) is 0 Å². The number of halogens is 1. The first-order valence-corrected chi connectivity index (χ1v) is 32.0. The standard InChI is InChI=1S/2C21H24N2O.C14H19N.C13H17NO.C7H6ClNO.CH4.H2S.U.H2/c2*1-17-15-23(16-18-8-4-2-5-9-18)13-12-21(17)14-20(22-24-21)19-10-6-3-7-11-19;1-12-8-9-15(10-13(12)2)11-14-6-4-3-5-7-14;1-11-9-14(8-7-13(11)15)10-12-5-3-2-4-6-12;8-7(9-10)6-4-2-1-3-5-6;;;;/h2*2-11,17H,12-16H2,1H3;3-7,13H,1,8-11H2,2H3;2-6,11H,7-10H2,1H3;1-5,10H;1H4;1H2;;1H/b;;;;9-7+;;;;/i;;;;;;;;1+2. The average molecular weight is 1490 g/mol. The van der Waals surface area contributed by atoms with Crippen molar-refractivity contribution in [2.24, 2.45) is 39.1 Å². The molecule has 4 fully saturated rings. The molecule has 1 N–H and O–H groups in total. The van der Waals surface area contributed by atoms with Gasteiger partial charge in [-0.15, -0.1) is 0 Å². The molecule has 7 aromatic rings. The third-order valence-corrected chi connectivity index (χ3v) is 18.5. The molecule has 0 saturated carbocycles. The van der Waals surface area contributed by atoms with Crippen LogP contribution in [-0.2, 0) is 40.6 Å². The summed E-state index contributed by atoms with van der Waals surface area (Å²) in [6, 6.07) is 72.5. The van der Waals surface area contributed by atoms with E-state index >= 15 is 0 Å². The fraction of sp³-hybridized carbons (Fsp3) is 0.377. The molecule has 4 saturated heterocycles. The minimum atomic E-state index is -0.113. The van der Waals surface area contributed by atoms with Crippen molar-refractivity contribution >= 4 is 47.5 Å². The van der Waals surface area contributed by atoms with E-state index in [2.05, 4.69) is 226 Å². The van der Waals surface area contributed by atoms with Crippen molar-refractivity contribution in [3.05, 3.63) is 263 Å². The zero-order chi connectivity index (χ0) is 61.6. The summed E-state index contributed by atoms with van der Waals surface area (Å²) in [6.07, 6.45) is 5.82. The van der Waals surface area contributed by atoms with Crippen LogP contribution in [0.15, 0.2) is 240 Å². The number of hydrogen-bond acceptors (Lipinski definition) is 11. The van der Waals surface area contributed by atoms with Gasteiger partial charge in [0.1, 0.15) is 17.0 Å². The van der Waals surface area contributed by atoms with Crippen LogP contribution >= 0.6 is 25.1 Å². The molecule has 14 heteroatoms. The molecule has 0 radical (unpaired) electrons. The summed E-state index contributed by atoms with van der Waals surface area (Å²) in [5.41, 5.74) is 12.0. The molecule has 2 spiro atoms. The summed E-state index contributed by atoms with van der Waals surface area (Å²) in [6.45, 7) is 25.5. The summed E-state index contributed by atoms with van der Waals surface area (Å²) >= 11 is 5.49. The van der Waals surface area contributed by atoms with Crippen LogP contribution in [0.4, 0.5) is 0 Å². The Morgan fingerprint density at radius 2 is 0.835 bits per heavy atom. The van der Waals surface area contributed by atoms with Gasteiger partial charge < -0.3 is 14.9 Å². The SMILES string of the molecule is C.C=C1CCN(Cc2ccccc2)CC1C.CC1CN(Cc2ccccc2)CCC12CC(c1ccccc1)=NO2.CC1CN(Cc2ccccc2)CCC12CC(c1ccccc1)=NO2.CC1CN(Cc2ccccc2)CCC1=O.O/N=C(/Cl)c1ccccc1.S.[3HH].[U]. The smallest absolute Gasteiger partial charge is 0.175 e. The normalized spacial score (nSPS) is 23.1. The van der Waals surface area contributed by atoms with Gasteiger partial charge in [0.25, 0.3) is 0 Å². The molecule has 6 atom stereocenters. The van der Waals surface area contributed by atoms with Gasteiger partial charge >= 0.3 is 0 Å². The average Bonchev–Trinajstić information content (AvgIpc) is 1.64. The van der Waals surface area contributed by atoms with E-state index in [0.717, 1.165) is 122 Å². The van der Waals surface area contributed by atoms with Crippen LogP contribution in [0, 0.1) is 54.8 Å². The Hall–Kier alpha value is -6.11. The minimum Gasteiger partial charge on any atom is -0.410 e. The number of oxime groups is 3. The second kappa shape index (κ2) is 37.6. The molecule has 11 nitrogen and oxygen atoms in total. The monoisotopic (exact) mass is 1490 g/mol. The Bertz CT molecular complexity index is 3150. The number of likely N-dealkylation sites (tertiary alicyclic amines) is 4. The number of piperidine rings is 4. The third-order valence-electron chi connectivity index (χ3n) is 18.2. The van der Waals surface area contributed by atoms with Gasteiger partial charge in [-0.05, 0) is 45.7 Å². The second-order valence-corrected chi connectivity index (χ2v) is 25.2. The largest absolute Gasteiger partial charge is 0.410 e. The molecular formula is C77H98ClN7O4SU. The van der Waals surface area contributed by atoms with Crippen LogP contribution in [0.3, 0.4) is 0 Å². The van der Waals surface area contributed by atoms with Crippen molar-refractivity contribution < 1.29 is 52.2 Å². The fourth-order valence-electron chi connectivity index (χ4n) is 12.7. The van der Waals surface area contributed by atoms with Crippen molar-refractivity contribution in [1.82, 2.24) is 19.6 Å². The number of ketones is 1. The van der Waals surface area contributed by atoms with Gasteiger partial charge in [-0.2, -0.15) is 13.5 Å². The van der Waals surface area contributed by atoms with E-state index < -0.39 is 0 Å². The van der Waals surface area contributed by atoms with Crippen LogP contribution in [0.1, 0.15) is 114 Å². The van der Waals surface area contributed by atoms with Gasteiger partial charge in [0.05, 0.1) is 11.4 Å². The first-order chi connectivity index (χ1) is 42.9. The van der Waals surface area contributed by atoms with Crippen LogP contribution < -0.4 is 0 Å². The Kier molecular flexibility index (Phi) is 30.5. The molecule has 0 amide bonds. The topological polar surface area (TPSA) is 106 Å². The zero-order valence-corrected chi connectivity index (χ0v) is 59.1. The Labute approximate surface area is 580 Å². The number of benzene rings is 7. The number of hydrogen-bond donors (Lipinski definition) is 1. The quantitative estimate of drug-likeness (QED) is 0.0591. The van der Waals surface area contributed by atoms with E-state index in [-0.39, 0.29) is 75.8 Å². The molecule has 6 aliphatic rings. The predicted octanol–water partition coefficient (Wildman–Crippen LogP) is 16.4. The molecule has 6 unspecified atom stereocenters. The van der Waals surface area contributed by atoms with Crippen molar-refractivity contribution in [2.75, 3.05) is 52.4 Å². The molecule has 13 rings (SSSR count). The van der Waals surface area contributed by atoms with Crippen molar-refractivity contribution in [3.8, 4) is 0 Å². The summed E-state index contributed by atoms with van der Waals surface area (Å²) in [5.74, 6) is 2.23. The molecule has 0 bridgehead atoms. The summed E-state index contributed by atoms with van der Waals surface area (Å²) in [5, 5.41) is 20.1. The van der Waals surface area contributed by atoms with E-state index in [4.69, 9.17) is 26.5 Å². The fourth-order valence-corrected chi connectivity index (χ4v) is 12.8. The summed E-state index contributed by atoms with van der Waals surface area (Å²) in [4.78, 5) is 33.4. The number of Topliss-reactive ketones (excluding diaryl/α,β-unsaturated/α-hetero) is 1. The molecule has 0 aliphatic carbocycles. The Morgan fingerprint density at radius 1 is 0.516 bits per heavy atom. The molecule has 91 heavy (non-hydrogen) atoms. The second-order valence-electron chi connectivity index (χ2n) is 24.8. The van der Waals surface area contributed by atoms with E-state index in [9.17, 15) is 4.79 Å². The number of carbonyl (C=O) groups is 1. The van der Waals surface area contributed by atoms with Crippen molar-refractivity contribution in [1.29, 1.82) is 0 Å². The molecule has 7 aromatic carbocycles. The van der Waals surface area contributed by atoms with Crippen molar-refractivity contribution in [3.63, 3.8) is 0 Å². The van der Waals surface area contributed by atoms with Gasteiger partial charge in [0.2, 0.25) is 0 Å². The van der Waals surface area contributed by atoms with Crippen LogP contribution in [0.5, 0.6) is 0 Å². The summed E-state index contributed by atoms with van der Waals surface area (Å²) in [7, 11) is 0. The number of nitrogens with zero attached hydrogens (tertiary/aromatic N) is 7. The van der Waals surface area contributed by atoms with Gasteiger partial charge in [0, 0.05) is 166 Å². The number of carbonyl (C=O) groups excluding carboxylic acids is 1. The molecule has 6 aliphatic heterocycles. The van der Waals surface area contributed by atoms with Crippen molar-refractivity contribution in [2.45, 2.75) is 111 Å². The predicted molar refractivity (Wildman–Crippen MR) is 379 cm³/mol. The third kappa shape index (κ3) is 22.0. The molecule has 482 valence electrons. The maximum Gasteiger partial charge on any atom is 0.175 e. The first kappa shape index (κ1) is 73.9. The van der Waals surface area contributed by atoms with Crippen LogP contribution in [-0.4, -0.2) is 111 Å². The van der Waals surface area contributed by atoms with Gasteiger partial charge in [0.15, 0.2) is 5.17 Å². The maximum absolute atomic E-state index is 11.4. The van der Waals surface area contributed by atoms with Crippen LogP contribution in [0.25, 0.3) is 0 Å². The molecule has 6 heterocycles. The Balaban J connectivity index is 0.000000213. The number of rotatable bonds is 11. The first-order valence-electron chi connectivity index (χ1n) is 31.7. The van der Waals surface area contributed by atoms with Gasteiger partial charge in [-0.3, -0.25) is 24.4 Å².